The van der Waals surface area contributed by atoms with E-state index in [0.717, 1.165) is 38.8 Å². The number of nitrogens with one attached hydrogen (secondary N) is 1. The SMILES string of the molecule is CC1(C)CCCCC1C(=O)NC1CCN(CC#N)CC1. The van der Waals surface area contributed by atoms with Gasteiger partial charge in [0, 0.05) is 25.0 Å². The van der Waals surface area contributed by atoms with E-state index in [-0.39, 0.29) is 17.2 Å². The number of hydrogen-bond acceptors (Lipinski definition) is 3. The summed E-state index contributed by atoms with van der Waals surface area (Å²) in [4.78, 5) is 14.7. The summed E-state index contributed by atoms with van der Waals surface area (Å²) in [6.45, 7) is 6.81. The summed E-state index contributed by atoms with van der Waals surface area (Å²) in [5.74, 6) is 0.432. The number of piperidine rings is 1. The number of rotatable bonds is 3. The van der Waals surface area contributed by atoms with Crippen LogP contribution in [0, 0.1) is 22.7 Å². The maximum absolute atomic E-state index is 12.5. The first-order valence-electron chi connectivity index (χ1n) is 7.92. The van der Waals surface area contributed by atoms with Crippen molar-refractivity contribution in [1.29, 1.82) is 5.26 Å². The van der Waals surface area contributed by atoms with Crippen molar-refractivity contribution in [1.82, 2.24) is 10.2 Å². The van der Waals surface area contributed by atoms with Gasteiger partial charge in [0.1, 0.15) is 0 Å². The molecule has 1 saturated carbocycles. The summed E-state index contributed by atoms with van der Waals surface area (Å²) >= 11 is 0. The molecule has 2 aliphatic rings. The van der Waals surface area contributed by atoms with Gasteiger partial charge in [0.15, 0.2) is 0 Å². The Bertz CT molecular complexity index is 378. The molecule has 0 bridgehead atoms. The van der Waals surface area contributed by atoms with Gasteiger partial charge in [-0.1, -0.05) is 26.7 Å². The number of carbonyl (C=O) groups excluding carboxylic acids is 1. The molecular formula is C16H27N3O. The van der Waals surface area contributed by atoms with Crippen LogP contribution in [0.15, 0.2) is 0 Å². The summed E-state index contributed by atoms with van der Waals surface area (Å²) in [7, 11) is 0. The molecule has 2 rings (SSSR count). The Balaban J connectivity index is 1.82. The second kappa shape index (κ2) is 6.58. The number of likely N-dealkylation sites (tertiary alicyclic amines) is 1. The molecule has 1 N–H and O–H groups in total. The summed E-state index contributed by atoms with van der Waals surface area (Å²) in [6, 6.07) is 2.50. The lowest BCUT2D eigenvalue weighted by Gasteiger charge is -2.39. The minimum absolute atomic E-state index is 0.143. The van der Waals surface area contributed by atoms with Gasteiger partial charge >= 0.3 is 0 Å². The Kier molecular flexibility index (Phi) is 5.04. The molecule has 0 radical (unpaired) electrons. The molecule has 4 nitrogen and oxygen atoms in total. The van der Waals surface area contributed by atoms with Gasteiger partial charge in [-0.25, -0.2) is 0 Å². The predicted molar refractivity (Wildman–Crippen MR) is 79.0 cm³/mol. The van der Waals surface area contributed by atoms with Gasteiger partial charge in [0.2, 0.25) is 5.91 Å². The fraction of sp³-hybridized carbons (Fsp3) is 0.875. The number of nitriles is 1. The lowest BCUT2D eigenvalue weighted by Crippen LogP contribution is -2.49. The van der Waals surface area contributed by atoms with Crippen molar-refractivity contribution in [3.8, 4) is 6.07 Å². The molecule has 1 aliphatic heterocycles. The maximum Gasteiger partial charge on any atom is 0.223 e. The Morgan fingerprint density at radius 3 is 2.60 bits per heavy atom. The summed E-state index contributed by atoms with van der Waals surface area (Å²) in [5, 5.41) is 12.0. The molecule has 4 heteroatoms. The quantitative estimate of drug-likeness (QED) is 0.805. The molecule has 1 amide bonds. The van der Waals surface area contributed by atoms with Crippen molar-refractivity contribution >= 4 is 5.91 Å². The van der Waals surface area contributed by atoms with E-state index in [0.29, 0.717) is 12.6 Å². The van der Waals surface area contributed by atoms with E-state index in [1.165, 1.54) is 12.8 Å². The first-order valence-corrected chi connectivity index (χ1v) is 7.92. The van der Waals surface area contributed by atoms with E-state index in [1.807, 2.05) is 0 Å². The zero-order valence-corrected chi connectivity index (χ0v) is 12.8. The second-order valence-corrected chi connectivity index (χ2v) is 7.00. The van der Waals surface area contributed by atoms with Crippen molar-refractivity contribution in [2.75, 3.05) is 19.6 Å². The van der Waals surface area contributed by atoms with E-state index < -0.39 is 0 Å². The standard InChI is InChI=1S/C16H27N3O/c1-16(2)8-4-3-5-14(16)15(20)18-13-6-10-19(11-7-13)12-9-17/h13-14H,3-8,10-12H2,1-2H3,(H,18,20). The third kappa shape index (κ3) is 3.73. The molecule has 1 atom stereocenters. The predicted octanol–water partition coefficient (Wildman–Crippen LogP) is 2.31. The molecule has 1 unspecified atom stereocenters. The first kappa shape index (κ1) is 15.3. The van der Waals surface area contributed by atoms with Gasteiger partial charge in [-0.3, -0.25) is 9.69 Å². The molecule has 0 aromatic rings. The van der Waals surface area contributed by atoms with Gasteiger partial charge in [-0.2, -0.15) is 5.26 Å². The summed E-state index contributed by atoms with van der Waals surface area (Å²) in [5.41, 5.74) is 0.143. The molecular weight excluding hydrogens is 250 g/mol. The molecule has 0 aromatic heterocycles. The topological polar surface area (TPSA) is 56.1 Å². The van der Waals surface area contributed by atoms with Crippen molar-refractivity contribution in [2.45, 2.75) is 58.4 Å². The highest BCUT2D eigenvalue weighted by atomic mass is 16.2. The van der Waals surface area contributed by atoms with Crippen LogP contribution in [0.25, 0.3) is 0 Å². The van der Waals surface area contributed by atoms with Crippen LogP contribution >= 0.6 is 0 Å². The Hall–Kier alpha value is -1.08. The van der Waals surface area contributed by atoms with E-state index in [9.17, 15) is 4.79 Å². The molecule has 1 saturated heterocycles. The molecule has 2 fully saturated rings. The van der Waals surface area contributed by atoms with Crippen LogP contribution in [-0.2, 0) is 4.79 Å². The number of nitrogens with zero attached hydrogens (tertiary/aromatic N) is 2. The maximum atomic E-state index is 12.5. The first-order chi connectivity index (χ1) is 9.53. The van der Waals surface area contributed by atoms with Crippen LogP contribution in [0.5, 0.6) is 0 Å². The Morgan fingerprint density at radius 2 is 2.00 bits per heavy atom. The van der Waals surface area contributed by atoms with Crippen LogP contribution < -0.4 is 5.32 Å². The number of amides is 1. The van der Waals surface area contributed by atoms with E-state index in [4.69, 9.17) is 5.26 Å². The third-order valence-corrected chi connectivity index (χ3v) is 5.05. The largest absolute Gasteiger partial charge is 0.353 e. The van der Waals surface area contributed by atoms with E-state index >= 15 is 0 Å². The Morgan fingerprint density at radius 1 is 1.30 bits per heavy atom. The average Bonchev–Trinajstić information content (AvgIpc) is 2.40. The van der Waals surface area contributed by atoms with Crippen LogP contribution in [0.3, 0.4) is 0 Å². The van der Waals surface area contributed by atoms with Crippen molar-refractivity contribution in [3.63, 3.8) is 0 Å². The molecule has 0 aromatic carbocycles. The van der Waals surface area contributed by atoms with Gasteiger partial charge < -0.3 is 5.32 Å². The normalized spacial score (nSPS) is 27.8. The zero-order valence-electron chi connectivity index (χ0n) is 12.8. The fourth-order valence-corrected chi connectivity index (χ4v) is 3.62. The number of carbonyl (C=O) groups is 1. The summed E-state index contributed by atoms with van der Waals surface area (Å²) in [6.07, 6.45) is 6.57. The molecule has 1 heterocycles. The average molecular weight is 277 g/mol. The van der Waals surface area contributed by atoms with Crippen LogP contribution in [0.1, 0.15) is 52.4 Å². The highest BCUT2D eigenvalue weighted by Crippen LogP contribution is 2.40. The summed E-state index contributed by atoms with van der Waals surface area (Å²) < 4.78 is 0. The van der Waals surface area contributed by atoms with Crippen LogP contribution in [0.4, 0.5) is 0 Å². The minimum atomic E-state index is 0.143. The monoisotopic (exact) mass is 277 g/mol. The molecule has 20 heavy (non-hydrogen) atoms. The third-order valence-electron chi connectivity index (χ3n) is 5.05. The minimum Gasteiger partial charge on any atom is -0.353 e. The van der Waals surface area contributed by atoms with E-state index in [2.05, 4.69) is 30.1 Å². The van der Waals surface area contributed by atoms with Crippen molar-refractivity contribution in [2.24, 2.45) is 11.3 Å². The van der Waals surface area contributed by atoms with Crippen molar-refractivity contribution in [3.05, 3.63) is 0 Å². The van der Waals surface area contributed by atoms with Gasteiger partial charge in [0.25, 0.3) is 0 Å². The van der Waals surface area contributed by atoms with E-state index in [1.54, 1.807) is 0 Å². The molecule has 0 spiro atoms. The van der Waals surface area contributed by atoms with Crippen molar-refractivity contribution < 1.29 is 4.79 Å². The smallest absolute Gasteiger partial charge is 0.223 e. The van der Waals surface area contributed by atoms with Gasteiger partial charge in [-0.15, -0.1) is 0 Å². The molecule has 112 valence electrons. The van der Waals surface area contributed by atoms with Crippen LogP contribution in [0.2, 0.25) is 0 Å². The highest BCUT2D eigenvalue weighted by molar-refractivity contribution is 5.79. The zero-order chi connectivity index (χ0) is 14.6. The van der Waals surface area contributed by atoms with Gasteiger partial charge in [0.05, 0.1) is 12.6 Å². The van der Waals surface area contributed by atoms with Gasteiger partial charge in [-0.05, 0) is 31.1 Å². The number of hydrogen-bond donors (Lipinski definition) is 1. The molecule has 1 aliphatic carbocycles. The Labute approximate surface area is 122 Å². The second-order valence-electron chi connectivity index (χ2n) is 7.00. The fourth-order valence-electron chi connectivity index (χ4n) is 3.62. The lowest BCUT2D eigenvalue weighted by atomic mass is 9.68. The van der Waals surface area contributed by atoms with Crippen LogP contribution in [-0.4, -0.2) is 36.5 Å². The lowest BCUT2D eigenvalue weighted by molar-refractivity contribution is -0.131. The highest BCUT2D eigenvalue weighted by Gasteiger charge is 2.37.